The van der Waals surface area contributed by atoms with Crippen molar-refractivity contribution in [2.45, 2.75) is 25.4 Å². The summed E-state index contributed by atoms with van der Waals surface area (Å²) in [5.74, 6) is -0.366. The van der Waals surface area contributed by atoms with Crippen molar-refractivity contribution in [2.24, 2.45) is 10.7 Å². The minimum Gasteiger partial charge on any atom is -0.396 e. The summed E-state index contributed by atoms with van der Waals surface area (Å²) in [6, 6.07) is 4.19. The Hall–Kier alpha value is -2.38. The third-order valence-electron chi connectivity index (χ3n) is 3.16. The maximum Gasteiger partial charge on any atom is 0.407 e. The molecule has 1 aliphatic rings. The van der Waals surface area contributed by atoms with Crippen LogP contribution in [0.3, 0.4) is 0 Å². The smallest absolute Gasteiger partial charge is 0.396 e. The van der Waals surface area contributed by atoms with Crippen LogP contribution in [0.1, 0.15) is 25.0 Å². The van der Waals surface area contributed by atoms with E-state index in [2.05, 4.69) is 9.98 Å². The third kappa shape index (κ3) is 3.84. The summed E-state index contributed by atoms with van der Waals surface area (Å²) >= 11 is 0. The summed E-state index contributed by atoms with van der Waals surface area (Å²) in [5.41, 5.74) is 5.61. The Kier molecular flexibility index (Phi) is 4.48. The third-order valence-corrected chi connectivity index (χ3v) is 3.16. The van der Waals surface area contributed by atoms with Gasteiger partial charge >= 0.3 is 6.18 Å². The molecule has 0 amide bonds. The van der Waals surface area contributed by atoms with Crippen LogP contribution < -0.4 is 11.3 Å². The highest BCUT2D eigenvalue weighted by Gasteiger charge is 2.30. The van der Waals surface area contributed by atoms with Crippen molar-refractivity contribution in [1.29, 1.82) is 0 Å². The first-order valence-corrected chi connectivity index (χ1v) is 6.61. The topological polar surface area (TPSA) is 88.3 Å². The number of aromatic amines is 1. The number of carbonyl (C=O) groups excluding carboxylic acids is 1. The number of aromatic nitrogens is 1. The zero-order valence-corrected chi connectivity index (χ0v) is 11.5. The van der Waals surface area contributed by atoms with E-state index >= 15 is 0 Å². The molecule has 0 aromatic carbocycles. The van der Waals surface area contributed by atoms with Crippen molar-refractivity contribution in [3.63, 3.8) is 0 Å². The maximum absolute atomic E-state index is 12.3. The zero-order chi connectivity index (χ0) is 16.3. The van der Waals surface area contributed by atoms with Crippen molar-refractivity contribution in [3.8, 4) is 0 Å². The molecule has 1 heterocycles. The van der Waals surface area contributed by atoms with Gasteiger partial charge < -0.3 is 10.7 Å². The maximum atomic E-state index is 12.3. The Labute approximate surface area is 123 Å². The number of rotatable bonds is 2. The molecule has 0 radical (unpaired) electrons. The summed E-state index contributed by atoms with van der Waals surface area (Å²) in [5, 5.41) is 0. The van der Waals surface area contributed by atoms with Crippen LogP contribution in [-0.4, -0.2) is 29.2 Å². The van der Waals surface area contributed by atoms with E-state index in [1.54, 1.807) is 0 Å². The first-order chi connectivity index (χ1) is 10.3. The van der Waals surface area contributed by atoms with Crippen molar-refractivity contribution < 1.29 is 18.0 Å². The fraction of sp³-hybridized carbons (Fsp3) is 0.357. The van der Waals surface area contributed by atoms with Crippen LogP contribution >= 0.6 is 0 Å². The van der Waals surface area contributed by atoms with E-state index in [9.17, 15) is 22.8 Å². The van der Waals surface area contributed by atoms with Gasteiger partial charge in [0.1, 0.15) is 6.54 Å². The minimum atomic E-state index is -4.45. The second-order valence-electron chi connectivity index (χ2n) is 4.87. The SMILES string of the molecule is N/C(=C1/C(=O)CCCC1=NCC(F)(F)F)c1cccc(=O)[nH]1. The van der Waals surface area contributed by atoms with Crippen LogP contribution in [-0.2, 0) is 4.79 Å². The monoisotopic (exact) mass is 313 g/mol. The lowest BCUT2D eigenvalue weighted by atomic mass is 9.89. The molecule has 0 unspecified atom stereocenters. The molecule has 1 aromatic heterocycles. The molecular formula is C14H14F3N3O2. The lowest BCUT2D eigenvalue weighted by molar-refractivity contribution is -0.119. The van der Waals surface area contributed by atoms with Crippen molar-refractivity contribution >= 4 is 17.2 Å². The Morgan fingerprint density at radius 2 is 2.00 bits per heavy atom. The van der Waals surface area contributed by atoms with E-state index in [-0.39, 0.29) is 41.3 Å². The number of aliphatic imine (C=N–C) groups is 1. The van der Waals surface area contributed by atoms with Crippen LogP contribution in [0.25, 0.3) is 5.70 Å². The standard InChI is InChI=1S/C14H14F3N3O2/c15-14(16,17)7-19-8-3-1-5-10(21)12(8)13(18)9-4-2-6-11(22)20-9/h2,4,6H,1,3,5,7,18H2,(H,20,22)/b13-12+,19-8?. The molecule has 0 aliphatic heterocycles. The van der Waals surface area contributed by atoms with Crippen LogP contribution in [0, 0.1) is 0 Å². The quantitative estimate of drug-likeness (QED) is 0.816. The van der Waals surface area contributed by atoms with Crippen molar-refractivity contribution in [3.05, 3.63) is 39.8 Å². The number of nitrogens with zero attached hydrogens (tertiary/aromatic N) is 1. The zero-order valence-electron chi connectivity index (χ0n) is 11.5. The summed E-state index contributed by atoms with van der Waals surface area (Å²) in [4.78, 5) is 29.3. The van der Waals surface area contributed by atoms with Gasteiger partial charge in [-0.1, -0.05) is 6.07 Å². The Balaban J connectivity index is 2.48. The van der Waals surface area contributed by atoms with Gasteiger partial charge in [0, 0.05) is 18.2 Å². The number of hydrogen-bond acceptors (Lipinski definition) is 4. The Bertz CT molecular complexity index is 702. The highest BCUT2D eigenvalue weighted by Crippen LogP contribution is 2.24. The van der Waals surface area contributed by atoms with E-state index in [1.807, 2.05) is 0 Å². The molecule has 8 heteroatoms. The molecule has 1 saturated carbocycles. The molecule has 0 saturated heterocycles. The molecule has 5 nitrogen and oxygen atoms in total. The Morgan fingerprint density at radius 3 is 2.64 bits per heavy atom. The molecule has 2 rings (SSSR count). The second-order valence-corrected chi connectivity index (χ2v) is 4.87. The van der Waals surface area contributed by atoms with Crippen LogP contribution in [0.15, 0.2) is 33.6 Å². The van der Waals surface area contributed by atoms with E-state index in [0.717, 1.165) is 0 Å². The van der Waals surface area contributed by atoms with E-state index in [4.69, 9.17) is 5.73 Å². The van der Waals surface area contributed by atoms with Gasteiger partial charge in [-0.25, -0.2) is 0 Å². The number of H-pyrrole nitrogens is 1. The van der Waals surface area contributed by atoms with Gasteiger partial charge in [0.05, 0.1) is 17.0 Å². The summed E-state index contributed by atoms with van der Waals surface area (Å²) < 4.78 is 37.0. The fourth-order valence-corrected chi connectivity index (χ4v) is 2.22. The van der Waals surface area contributed by atoms with Gasteiger partial charge in [-0.2, -0.15) is 13.2 Å². The minimum absolute atomic E-state index is 0.0302. The normalized spacial score (nSPS) is 20.3. The molecule has 0 spiro atoms. The number of nitrogens with two attached hydrogens (primary N) is 1. The molecule has 3 N–H and O–H groups in total. The first-order valence-electron chi connectivity index (χ1n) is 6.61. The van der Waals surface area contributed by atoms with Gasteiger partial charge in [-0.3, -0.25) is 14.6 Å². The lowest BCUT2D eigenvalue weighted by Gasteiger charge is -2.19. The van der Waals surface area contributed by atoms with E-state index in [1.165, 1.54) is 18.2 Å². The average Bonchev–Trinajstić information content (AvgIpc) is 2.43. The summed E-state index contributed by atoms with van der Waals surface area (Å²) in [7, 11) is 0. The number of ketones is 1. The fourth-order valence-electron chi connectivity index (χ4n) is 2.22. The molecule has 0 bridgehead atoms. The molecule has 1 aromatic rings. The van der Waals surface area contributed by atoms with Crippen molar-refractivity contribution in [2.75, 3.05) is 6.54 Å². The number of carbonyl (C=O) groups is 1. The van der Waals surface area contributed by atoms with E-state index in [0.29, 0.717) is 6.42 Å². The number of halogens is 3. The molecule has 1 aliphatic carbocycles. The molecular weight excluding hydrogens is 299 g/mol. The van der Waals surface area contributed by atoms with Crippen molar-refractivity contribution in [1.82, 2.24) is 4.98 Å². The number of nitrogens with one attached hydrogen (secondary N) is 1. The average molecular weight is 313 g/mol. The summed E-state index contributed by atoms with van der Waals surface area (Å²) in [6.07, 6.45) is -3.58. The molecule has 1 fully saturated rings. The predicted molar refractivity (Wildman–Crippen MR) is 75.4 cm³/mol. The first kappa shape index (κ1) is 16.0. The predicted octanol–water partition coefficient (Wildman–Crippen LogP) is 1.80. The van der Waals surface area contributed by atoms with Crippen LogP contribution in [0.5, 0.6) is 0 Å². The largest absolute Gasteiger partial charge is 0.407 e. The molecule has 22 heavy (non-hydrogen) atoms. The van der Waals surface area contributed by atoms with Gasteiger partial charge in [-0.05, 0) is 18.9 Å². The van der Waals surface area contributed by atoms with Gasteiger partial charge in [0.2, 0.25) is 5.56 Å². The van der Waals surface area contributed by atoms with Crippen LogP contribution in [0.2, 0.25) is 0 Å². The second kappa shape index (κ2) is 6.17. The van der Waals surface area contributed by atoms with Gasteiger partial charge in [0.25, 0.3) is 0 Å². The highest BCUT2D eigenvalue weighted by atomic mass is 19.4. The molecule has 0 atom stereocenters. The number of hydrogen-bond donors (Lipinski definition) is 2. The Morgan fingerprint density at radius 1 is 1.27 bits per heavy atom. The highest BCUT2D eigenvalue weighted by molar-refractivity contribution is 6.28. The van der Waals surface area contributed by atoms with Crippen LogP contribution in [0.4, 0.5) is 13.2 Å². The molecule has 118 valence electrons. The van der Waals surface area contributed by atoms with Gasteiger partial charge in [-0.15, -0.1) is 0 Å². The van der Waals surface area contributed by atoms with Gasteiger partial charge in [0.15, 0.2) is 5.78 Å². The number of alkyl halides is 3. The lowest BCUT2D eigenvalue weighted by Crippen LogP contribution is -2.25. The van der Waals surface area contributed by atoms with E-state index < -0.39 is 18.3 Å². The number of pyridine rings is 1. The summed E-state index contributed by atoms with van der Waals surface area (Å²) in [6.45, 7) is -1.36. The number of allylic oxidation sites excluding steroid dienone is 1. The number of Topliss-reactive ketones (excluding diaryl/α,β-unsaturated/α-hetero) is 1.